The van der Waals surface area contributed by atoms with Gasteiger partial charge in [-0.1, -0.05) is 147 Å². The molecule has 0 unspecified atom stereocenters. The number of rotatable bonds is 4. The van der Waals surface area contributed by atoms with Crippen LogP contribution < -0.4 is 4.90 Å². The summed E-state index contributed by atoms with van der Waals surface area (Å²) in [6.45, 7) is 4.84. The Morgan fingerprint density at radius 3 is 2.18 bits per heavy atom. The number of aromatic nitrogens is 1. The fourth-order valence-corrected chi connectivity index (χ4v) is 11.4. The van der Waals surface area contributed by atoms with Crippen LogP contribution in [0.15, 0.2) is 169 Å². The summed E-state index contributed by atoms with van der Waals surface area (Å²) in [4.78, 5) is 6.42. The molecule has 0 fully saturated rings. The van der Waals surface area contributed by atoms with Gasteiger partial charge in [0.05, 0.1) is 15.9 Å². The van der Waals surface area contributed by atoms with Crippen LogP contribution in [-0.2, 0) is 5.41 Å². The van der Waals surface area contributed by atoms with E-state index in [4.69, 9.17) is 0 Å². The van der Waals surface area contributed by atoms with Crippen LogP contribution in [0, 0.1) is 0 Å². The number of allylic oxidation sites excluding steroid dienone is 4. The van der Waals surface area contributed by atoms with Crippen molar-refractivity contribution in [3.05, 3.63) is 181 Å². The largest absolute Gasteiger partial charge is 0.354 e. The zero-order chi connectivity index (χ0) is 37.1. The molecule has 1 N–H and O–H groups in total. The normalized spacial score (nSPS) is 14.8. The molecule has 56 heavy (non-hydrogen) atoms. The Bertz CT molecular complexity index is 3320. The van der Waals surface area contributed by atoms with Gasteiger partial charge in [-0.05, 0) is 87.8 Å². The average Bonchev–Trinajstić information content (AvgIpc) is 3.91. The van der Waals surface area contributed by atoms with Crippen molar-refractivity contribution < 1.29 is 0 Å². The average molecular weight is 735 g/mol. The quantitative estimate of drug-likeness (QED) is 0.191. The van der Waals surface area contributed by atoms with Crippen LogP contribution in [0.1, 0.15) is 37.8 Å². The van der Waals surface area contributed by atoms with E-state index in [2.05, 4.69) is 188 Å². The van der Waals surface area contributed by atoms with Gasteiger partial charge >= 0.3 is 0 Å². The highest BCUT2D eigenvalue weighted by Crippen LogP contribution is 2.54. The minimum absolute atomic E-state index is 0.0273. The number of benzene rings is 8. The van der Waals surface area contributed by atoms with E-state index in [0.717, 1.165) is 18.5 Å². The van der Waals surface area contributed by atoms with Crippen LogP contribution in [0.3, 0.4) is 0 Å². The predicted octanol–water partition coefficient (Wildman–Crippen LogP) is 15.5. The van der Waals surface area contributed by atoms with Crippen molar-refractivity contribution in [1.82, 2.24) is 4.98 Å². The molecule has 8 aromatic carbocycles. The zero-order valence-electron chi connectivity index (χ0n) is 31.4. The fourth-order valence-electron chi connectivity index (χ4n) is 10.0. The van der Waals surface area contributed by atoms with E-state index < -0.39 is 0 Å². The van der Waals surface area contributed by atoms with Gasteiger partial charge in [0.25, 0.3) is 0 Å². The summed E-state index contributed by atoms with van der Waals surface area (Å²) in [6.07, 6.45) is 6.95. The maximum absolute atomic E-state index is 3.91. The van der Waals surface area contributed by atoms with Crippen molar-refractivity contribution >= 4 is 97.5 Å². The topological polar surface area (TPSA) is 19.0 Å². The smallest absolute Gasteiger partial charge is 0.0640 e. The van der Waals surface area contributed by atoms with E-state index in [9.17, 15) is 0 Å². The number of nitrogens with one attached hydrogen (secondary N) is 1. The molecule has 0 radical (unpaired) electrons. The van der Waals surface area contributed by atoms with Gasteiger partial charge in [0.2, 0.25) is 0 Å². The molecule has 2 aliphatic carbocycles. The van der Waals surface area contributed by atoms with E-state index in [1.54, 1.807) is 5.57 Å². The summed E-state index contributed by atoms with van der Waals surface area (Å²) in [5.74, 6) is 0. The first-order valence-corrected chi connectivity index (χ1v) is 20.6. The van der Waals surface area contributed by atoms with Crippen LogP contribution in [0.5, 0.6) is 0 Å². The number of aromatic amines is 1. The van der Waals surface area contributed by atoms with Gasteiger partial charge in [-0.3, -0.25) is 0 Å². The minimum atomic E-state index is -0.0273. The van der Waals surface area contributed by atoms with E-state index in [1.165, 1.54) is 103 Å². The molecule has 266 valence electrons. The Morgan fingerprint density at radius 1 is 0.589 bits per heavy atom. The zero-order valence-corrected chi connectivity index (χ0v) is 32.2. The number of nitrogens with zero attached hydrogens (tertiary/aromatic N) is 1. The Morgan fingerprint density at radius 2 is 1.32 bits per heavy atom. The maximum Gasteiger partial charge on any atom is 0.0640 e. The van der Waals surface area contributed by atoms with Gasteiger partial charge in [0, 0.05) is 59.3 Å². The van der Waals surface area contributed by atoms with Crippen molar-refractivity contribution in [1.29, 1.82) is 0 Å². The minimum Gasteiger partial charge on any atom is -0.354 e. The maximum atomic E-state index is 3.91. The molecule has 10 aromatic rings. The summed E-state index contributed by atoms with van der Waals surface area (Å²) in [7, 11) is 0. The third kappa shape index (κ3) is 4.43. The second kappa shape index (κ2) is 11.8. The molecule has 2 nitrogen and oxygen atoms in total. The Labute approximate surface area is 329 Å². The summed E-state index contributed by atoms with van der Waals surface area (Å²) in [6, 6.07) is 56.3. The molecule has 3 heteroatoms. The van der Waals surface area contributed by atoms with Gasteiger partial charge in [0.1, 0.15) is 0 Å². The molecule has 0 spiro atoms. The first-order chi connectivity index (χ1) is 27.5. The van der Waals surface area contributed by atoms with Crippen LogP contribution in [0.25, 0.3) is 80.2 Å². The summed E-state index contributed by atoms with van der Waals surface area (Å²) in [5.41, 5.74) is 14.1. The third-order valence-electron chi connectivity index (χ3n) is 12.7. The third-order valence-corrected chi connectivity index (χ3v) is 14.0. The van der Waals surface area contributed by atoms with E-state index in [1.807, 2.05) is 11.3 Å². The van der Waals surface area contributed by atoms with Gasteiger partial charge in [0.15, 0.2) is 0 Å². The molecule has 0 atom stereocenters. The summed E-state index contributed by atoms with van der Waals surface area (Å²) in [5, 5.41) is 10.4. The van der Waals surface area contributed by atoms with E-state index in [0.29, 0.717) is 0 Å². The van der Waals surface area contributed by atoms with Gasteiger partial charge in [-0.15, -0.1) is 11.3 Å². The lowest BCUT2D eigenvalue weighted by Gasteiger charge is -2.29. The van der Waals surface area contributed by atoms with E-state index >= 15 is 0 Å². The number of anilines is 3. The van der Waals surface area contributed by atoms with Crippen molar-refractivity contribution in [2.75, 3.05) is 4.90 Å². The molecule has 12 rings (SSSR count). The van der Waals surface area contributed by atoms with Crippen LogP contribution >= 0.6 is 11.3 Å². The molecule has 2 aliphatic rings. The number of H-pyrrole nitrogens is 1. The number of hydrogen-bond donors (Lipinski definition) is 1. The lowest BCUT2D eigenvalue weighted by molar-refractivity contribution is 0.607. The number of thiophene rings is 1. The van der Waals surface area contributed by atoms with Crippen LogP contribution in [0.2, 0.25) is 0 Å². The van der Waals surface area contributed by atoms with Crippen molar-refractivity contribution in [3.63, 3.8) is 0 Å². The highest BCUT2D eigenvalue weighted by molar-refractivity contribution is 7.27. The summed E-state index contributed by atoms with van der Waals surface area (Å²) >= 11 is 1.94. The molecule has 2 aromatic heterocycles. The molecular formula is C53H38N2S. The van der Waals surface area contributed by atoms with Gasteiger partial charge in [-0.25, -0.2) is 0 Å². The standard InChI is InChI=1S/C53H38N2S/c1-53(2)43-21-11-10-17-38(43)39-29-28-36(31-44(39)53)55(35-26-23-33(24-27-35)32-13-4-3-5-14-32)46-22-12-20-42-48-49-47-37-16-7-6-15-34(37)25-30-45(47)54-50(49)40-18-8-9-19-41(40)52(48)56-51(42)46/h3-10,12-20,22-31,54H,11,21H2,1-2H3. The van der Waals surface area contributed by atoms with Crippen molar-refractivity contribution in [2.45, 2.75) is 32.1 Å². The Balaban J connectivity index is 1.15. The number of fused-ring (bicyclic) bond motifs is 14. The van der Waals surface area contributed by atoms with Crippen molar-refractivity contribution in [3.8, 4) is 11.1 Å². The number of hydrogen-bond acceptors (Lipinski definition) is 2. The summed E-state index contributed by atoms with van der Waals surface area (Å²) < 4.78 is 2.63. The first kappa shape index (κ1) is 31.9. The molecule has 0 bridgehead atoms. The highest BCUT2D eigenvalue weighted by atomic mass is 32.1. The first-order valence-electron chi connectivity index (χ1n) is 19.7. The molecule has 0 saturated carbocycles. The van der Waals surface area contributed by atoms with Gasteiger partial charge < -0.3 is 9.88 Å². The highest BCUT2D eigenvalue weighted by Gasteiger charge is 2.38. The lowest BCUT2D eigenvalue weighted by Crippen LogP contribution is -2.18. The SMILES string of the molecule is CC1(C)C2=C(C=CCC2)c2ccc(N(c3ccc(-c4ccccc4)cc3)c3cccc4c3sc3c5ccccc5c5[nH]c6ccc7ccccc7c6c5c43)cc21. The monoisotopic (exact) mass is 734 g/mol. The molecular weight excluding hydrogens is 697 g/mol. The van der Waals surface area contributed by atoms with Crippen LogP contribution in [-0.4, -0.2) is 4.98 Å². The molecule has 2 heterocycles. The Hall–Kier alpha value is -6.42. The second-order valence-electron chi connectivity index (χ2n) is 16.0. The lowest BCUT2D eigenvalue weighted by atomic mass is 9.78. The Kier molecular flexibility index (Phi) is 6.71. The molecule has 0 aliphatic heterocycles. The van der Waals surface area contributed by atoms with Gasteiger partial charge in [-0.2, -0.15) is 0 Å². The van der Waals surface area contributed by atoms with E-state index in [-0.39, 0.29) is 5.41 Å². The van der Waals surface area contributed by atoms with Crippen molar-refractivity contribution in [2.24, 2.45) is 0 Å². The predicted molar refractivity (Wildman–Crippen MR) is 242 cm³/mol. The fraction of sp³-hybridized carbons (Fsp3) is 0.0943. The molecule has 0 saturated heterocycles. The second-order valence-corrected chi connectivity index (χ2v) is 17.0. The van der Waals surface area contributed by atoms with Crippen LogP contribution in [0.4, 0.5) is 17.1 Å². The molecule has 0 amide bonds.